The molecule has 0 fully saturated rings. The smallest absolute Gasteiger partial charge is 0.0637 e. The molecule has 0 aliphatic rings. The molecule has 0 bridgehead atoms. The van der Waals surface area contributed by atoms with Crippen LogP contribution in [0.15, 0.2) is 18.2 Å². The van der Waals surface area contributed by atoms with Gasteiger partial charge in [-0.05, 0) is 37.1 Å². The molecule has 102 valence electrons. The van der Waals surface area contributed by atoms with E-state index in [0.29, 0.717) is 0 Å². The summed E-state index contributed by atoms with van der Waals surface area (Å²) in [6.45, 7) is 5.36. The Morgan fingerprint density at radius 3 is 2.44 bits per heavy atom. The first-order chi connectivity index (χ1) is 8.69. The first-order valence-corrected chi connectivity index (χ1v) is 6.28. The predicted molar refractivity (Wildman–Crippen MR) is 76.2 cm³/mol. The number of methoxy groups -OCH3 is 2. The average molecular weight is 252 g/mol. The summed E-state index contributed by atoms with van der Waals surface area (Å²) in [7, 11) is 3.45. The van der Waals surface area contributed by atoms with Crippen molar-refractivity contribution in [1.82, 2.24) is 0 Å². The van der Waals surface area contributed by atoms with Crippen LogP contribution in [0, 0.1) is 6.92 Å². The maximum atomic E-state index is 5.85. The van der Waals surface area contributed by atoms with E-state index in [-0.39, 0.29) is 0 Å². The number of hydrogen-bond acceptors (Lipinski definition) is 4. The summed E-state index contributed by atoms with van der Waals surface area (Å²) in [4.78, 5) is 2.30. The molecule has 18 heavy (non-hydrogen) atoms. The lowest BCUT2D eigenvalue weighted by Crippen LogP contribution is -2.29. The molecule has 0 spiro atoms. The van der Waals surface area contributed by atoms with Crippen LogP contribution < -0.4 is 10.6 Å². The Kier molecular flexibility index (Phi) is 6.54. The van der Waals surface area contributed by atoms with E-state index in [2.05, 4.69) is 17.0 Å². The second kappa shape index (κ2) is 7.95. The van der Waals surface area contributed by atoms with Crippen LogP contribution in [0.3, 0.4) is 0 Å². The summed E-state index contributed by atoms with van der Waals surface area (Å²) in [5.41, 5.74) is 8.99. The molecule has 0 atom stereocenters. The van der Waals surface area contributed by atoms with Crippen molar-refractivity contribution in [3.05, 3.63) is 23.8 Å². The molecular weight excluding hydrogens is 228 g/mol. The van der Waals surface area contributed by atoms with Gasteiger partial charge in [-0.15, -0.1) is 0 Å². The second-order valence-electron chi connectivity index (χ2n) is 4.37. The van der Waals surface area contributed by atoms with Gasteiger partial charge in [0, 0.05) is 45.3 Å². The van der Waals surface area contributed by atoms with E-state index in [9.17, 15) is 0 Å². The Labute approximate surface area is 110 Å². The van der Waals surface area contributed by atoms with Gasteiger partial charge in [0.25, 0.3) is 0 Å². The van der Waals surface area contributed by atoms with E-state index >= 15 is 0 Å². The van der Waals surface area contributed by atoms with Crippen molar-refractivity contribution in [3.63, 3.8) is 0 Å². The molecule has 0 aliphatic heterocycles. The van der Waals surface area contributed by atoms with Crippen LogP contribution in [-0.2, 0) is 9.47 Å². The van der Waals surface area contributed by atoms with Crippen molar-refractivity contribution in [2.45, 2.75) is 13.3 Å². The van der Waals surface area contributed by atoms with Crippen LogP contribution in [0.2, 0.25) is 0 Å². The molecule has 0 saturated carbocycles. The highest BCUT2D eigenvalue weighted by Crippen LogP contribution is 2.20. The molecule has 4 nitrogen and oxygen atoms in total. The molecule has 4 heteroatoms. The molecule has 0 unspecified atom stereocenters. The van der Waals surface area contributed by atoms with Gasteiger partial charge in [-0.1, -0.05) is 0 Å². The third-order valence-corrected chi connectivity index (χ3v) is 2.96. The number of hydrogen-bond donors (Lipinski definition) is 1. The first-order valence-electron chi connectivity index (χ1n) is 6.28. The fraction of sp³-hybridized carbons (Fsp3) is 0.571. The van der Waals surface area contributed by atoms with Crippen LogP contribution in [0.5, 0.6) is 0 Å². The lowest BCUT2D eigenvalue weighted by molar-refractivity contribution is 0.191. The minimum absolute atomic E-state index is 0.719. The second-order valence-corrected chi connectivity index (χ2v) is 4.37. The summed E-state index contributed by atoms with van der Waals surface area (Å²) in [6.07, 6.45) is 1.00. The van der Waals surface area contributed by atoms with Crippen LogP contribution in [0.25, 0.3) is 0 Å². The van der Waals surface area contributed by atoms with Gasteiger partial charge in [0.05, 0.1) is 6.61 Å². The van der Waals surface area contributed by atoms with Gasteiger partial charge >= 0.3 is 0 Å². The summed E-state index contributed by atoms with van der Waals surface area (Å²) in [5.74, 6) is 0. The zero-order valence-electron chi connectivity index (χ0n) is 11.6. The number of rotatable bonds is 8. The number of anilines is 2. The number of nitrogens with two attached hydrogens (primary N) is 1. The predicted octanol–water partition coefficient (Wildman–Crippen LogP) is 2.07. The maximum absolute atomic E-state index is 5.85. The van der Waals surface area contributed by atoms with E-state index < -0.39 is 0 Å². The Morgan fingerprint density at radius 2 is 1.83 bits per heavy atom. The number of benzene rings is 1. The molecule has 1 rings (SSSR count). The molecule has 1 aromatic rings. The molecular formula is C14H24N2O2. The molecule has 0 aliphatic carbocycles. The van der Waals surface area contributed by atoms with Crippen LogP contribution in [0.1, 0.15) is 12.0 Å². The van der Waals surface area contributed by atoms with Crippen molar-refractivity contribution in [1.29, 1.82) is 0 Å². The van der Waals surface area contributed by atoms with E-state index in [1.54, 1.807) is 14.2 Å². The van der Waals surface area contributed by atoms with E-state index in [4.69, 9.17) is 15.2 Å². The minimum Gasteiger partial charge on any atom is -0.399 e. The van der Waals surface area contributed by atoms with E-state index in [1.165, 1.54) is 5.69 Å². The van der Waals surface area contributed by atoms with Gasteiger partial charge < -0.3 is 20.1 Å². The SMILES string of the molecule is COCCCN(CCOC)c1ccc(N)c(C)c1. The molecule has 0 amide bonds. The normalized spacial score (nSPS) is 10.6. The molecule has 0 radical (unpaired) electrons. The summed E-state index contributed by atoms with van der Waals surface area (Å²) in [5, 5.41) is 0. The van der Waals surface area contributed by atoms with Crippen LogP contribution in [0.4, 0.5) is 11.4 Å². The lowest BCUT2D eigenvalue weighted by Gasteiger charge is -2.25. The van der Waals surface area contributed by atoms with Crippen molar-refractivity contribution in [3.8, 4) is 0 Å². The molecule has 0 saturated heterocycles. The largest absolute Gasteiger partial charge is 0.399 e. The Balaban J connectivity index is 2.70. The highest BCUT2D eigenvalue weighted by atomic mass is 16.5. The Morgan fingerprint density at radius 1 is 1.11 bits per heavy atom. The van der Waals surface area contributed by atoms with Gasteiger partial charge in [-0.25, -0.2) is 0 Å². The Hall–Kier alpha value is -1.26. The fourth-order valence-electron chi connectivity index (χ4n) is 1.83. The van der Waals surface area contributed by atoms with Gasteiger partial charge in [-0.3, -0.25) is 0 Å². The minimum atomic E-state index is 0.719. The topological polar surface area (TPSA) is 47.7 Å². The Bertz CT molecular complexity index is 356. The van der Waals surface area contributed by atoms with Gasteiger partial charge in [-0.2, -0.15) is 0 Å². The number of aryl methyl sites for hydroxylation is 1. The third kappa shape index (κ3) is 4.55. The van der Waals surface area contributed by atoms with Crippen LogP contribution in [-0.4, -0.2) is 40.5 Å². The van der Waals surface area contributed by atoms with E-state index in [0.717, 1.165) is 44.0 Å². The lowest BCUT2D eigenvalue weighted by atomic mass is 10.1. The molecule has 0 heterocycles. The molecule has 1 aromatic carbocycles. The van der Waals surface area contributed by atoms with Crippen molar-refractivity contribution < 1.29 is 9.47 Å². The summed E-state index contributed by atoms with van der Waals surface area (Å²) in [6, 6.07) is 6.14. The van der Waals surface area contributed by atoms with Crippen LogP contribution >= 0.6 is 0 Å². The monoisotopic (exact) mass is 252 g/mol. The summed E-state index contributed by atoms with van der Waals surface area (Å²) >= 11 is 0. The van der Waals surface area contributed by atoms with Gasteiger partial charge in [0.15, 0.2) is 0 Å². The number of nitrogen functional groups attached to an aromatic ring is 1. The van der Waals surface area contributed by atoms with Crippen molar-refractivity contribution in [2.24, 2.45) is 0 Å². The standard InChI is InChI=1S/C14H24N2O2/c1-12-11-13(5-6-14(12)15)16(8-10-18-3)7-4-9-17-2/h5-6,11H,4,7-10,15H2,1-3H3. The van der Waals surface area contributed by atoms with Gasteiger partial charge in [0.1, 0.15) is 0 Å². The molecule has 0 aromatic heterocycles. The van der Waals surface area contributed by atoms with E-state index in [1.807, 2.05) is 13.0 Å². The third-order valence-electron chi connectivity index (χ3n) is 2.96. The maximum Gasteiger partial charge on any atom is 0.0637 e. The summed E-state index contributed by atoms with van der Waals surface area (Å²) < 4.78 is 10.3. The average Bonchev–Trinajstić information content (AvgIpc) is 2.37. The van der Waals surface area contributed by atoms with Gasteiger partial charge in [0.2, 0.25) is 0 Å². The zero-order chi connectivity index (χ0) is 13.4. The highest BCUT2D eigenvalue weighted by molar-refractivity contribution is 5.58. The fourth-order valence-corrected chi connectivity index (χ4v) is 1.83. The van der Waals surface area contributed by atoms with Crippen molar-refractivity contribution >= 4 is 11.4 Å². The number of nitrogens with zero attached hydrogens (tertiary/aromatic N) is 1. The zero-order valence-corrected chi connectivity index (χ0v) is 11.6. The number of ether oxygens (including phenoxy) is 2. The molecule has 2 N–H and O–H groups in total. The highest BCUT2D eigenvalue weighted by Gasteiger charge is 2.07. The van der Waals surface area contributed by atoms with Crippen molar-refractivity contribution in [2.75, 3.05) is 51.2 Å². The quantitative estimate of drug-likeness (QED) is 0.568. The first kappa shape index (κ1) is 14.8.